The zero-order valence-corrected chi connectivity index (χ0v) is 11.4. The molecule has 2 rings (SSSR count). The minimum Gasteiger partial charge on any atom is -0.512 e. The number of allylic oxidation sites excluding steroid dienone is 2. The summed E-state index contributed by atoms with van der Waals surface area (Å²) in [5.41, 5.74) is 0.683. The van der Waals surface area contributed by atoms with Gasteiger partial charge in [-0.2, -0.15) is 0 Å². The second-order valence-corrected chi connectivity index (χ2v) is 6.00. The van der Waals surface area contributed by atoms with E-state index in [9.17, 15) is 18.3 Å². The Morgan fingerprint density at radius 1 is 1.20 bits per heavy atom. The maximum Gasteiger partial charge on any atom is 0.238 e. The number of ketones is 1. The van der Waals surface area contributed by atoms with Gasteiger partial charge in [-0.3, -0.25) is 9.79 Å². The average Bonchev–Trinajstić information content (AvgIpc) is 2.37. The van der Waals surface area contributed by atoms with Gasteiger partial charge in [-0.05, 0) is 30.7 Å². The molecular formula is C13H14N2O4S. The fourth-order valence-corrected chi connectivity index (χ4v) is 2.37. The first kappa shape index (κ1) is 14.4. The molecule has 0 amide bonds. The van der Waals surface area contributed by atoms with Crippen molar-refractivity contribution < 1.29 is 18.3 Å². The first-order valence-corrected chi connectivity index (χ1v) is 7.55. The van der Waals surface area contributed by atoms with E-state index in [1.165, 1.54) is 30.5 Å². The molecule has 0 spiro atoms. The number of carbonyl (C=O) groups is 1. The quantitative estimate of drug-likeness (QED) is 0.825. The lowest BCUT2D eigenvalue weighted by molar-refractivity contribution is -0.115. The van der Waals surface area contributed by atoms with Crippen molar-refractivity contribution in [2.24, 2.45) is 10.1 Å². The molecule has 3 N–H and O–H groups in total. The highest BCUT2D eigenvalue weighted by Gasteiger charge is 2.18. The Bertz CT molecular complexity index is 688. The van der Waals surface area contributed by atoms with Gasteiger partial charge in [0, 0.05) is 19.1 Å². The van der Waals surface area contributed by atoms with Gasteiger partial charge in [0.25, 0.3) is 0 Å². The highest BCUT2D eigenvalue weighted by atomic mass is 32.2. The van der Waals surface area contributed by atoms with Crippen LogP contribution in [-0.4, -0.2) is 25.5 Å². The van der Waals surface area contributed by atoms with E-state index < -0.39 is 10.0 Å². The molecule has 106 valence electrons. The summed E-state index contributed by atoms with van der Waals surface area (Å²) in [6.45, 7) is 0. The van der Waals surface area contributed by atoms with Crippen LogP contribution in [0.25, 0.3) is 0 Å². The minimum absolute atomic E-state index is 0.00717. The number of aliphatic imine (C=N–C) groups is 1. The number of nitrogens with zero attached hydrogens (tertiary/aromatic N) is 1. The van der Waals surface area contributed by atoms with Crippen molar-refractivity contribution in [3.63, 3.8) is 0 Å². The average molecular weight is 294 g/mol. The summed E-state index contributed by atoms with van der Waals surface area (Å²) in [7, 11) is -3.73. The van der Waals surface area contributed by atoms with E-state index in [0.717, 1.165) is 0 Å². The maximum atomic E-state index is 11.6. The van der Waals surface area contributed by atoms with Crippen LogP contribution in [0.5, 0.6) is 0 Å². The molecule has 1 aromatic rings. The molecule has 6 nitrogen and oxygen atoms in total. The summed E-state index contributed by atoms with van der Waals surface area (Å²) in [5.74, 6) is -0.0928. The molecule has 0 radical (unpaired) electrons. The molecule has 0 aromatic heterocycles. The van der Waals surface area contributed by atoms with Gasteiger partial charge in [-0.15, -0.1) is 0 Å². The largest absolute Gasteiger partial charge is 0.512 e. The summed E-state index contributed by atoms with van der Waals surface area (Å²) in [4.78, 5) is 15.7. The normalized spacial score (nSPS) is 16.9. The van der Waals surface area contributed by atoms with E-state index >= 15 is 0 Å². The van der Waals surface area contributed by atoms with Crippen molar-refractivity contribution in [1.29, 1.82) is 0 Å². The summed E-state index contributed by atoms with van der Waals surface area (Å²) in [6, 6.07) is 5.61. The fourth-order valence-electron chi connectivity index (χ4n) is 1.85. The first-order chi connectivity index (χ1) is 9.38. The summed E-state index contributed by atoms with van der Waals surface area (Å²) < 4.78 is 22.2. The first-order valence-electron chi connectivity index (χ1n) is 6.00. The highest BCUT2D eigenvalue weighted by molar-refractivity contribution is 7.89. The van der Waals surface area contributed by atoms with E-state index in [0.29, 0.717) is 24.9 Å². The topological polar surface area (TPSA) is 110 Å². The number of nitrogens with two attached hydrogens (primary N) is 1. The molecule has 0 bridgehead atoms. The molecule has 0 saturated heterocycles. The number of aliphatic hydroxyl groups excluding tert-OH is 1. The molecule has 0 saturated carbocycles. The minimum atomic E-state index is -3.73. The highest BCUT2D eigenvalue weighted by Crippen LogP contribution is 2.20. The second-order valence-electron chi connectivity index (χ2n) is 4.43. The number of hydrogen-bond acceptors (Lipinski definition) is 5. The van der Waals surface area contributed by atoms with E-state index in [1.807, 2.05) is 0 Å². The van der Waals surface area contributed by atoms with Gasteiger partial charge in [-0.1, -0.05) is 0 Å². The van der Waals surface area contributed by atoms with Gasteiger partial charge in [0.1, 0.15) is 5.76 Å². The van der Waals surface area contributed by atoms with Crippen LogP contribution in [0.3, 0.4) is 0 Å². The number of sulfonamides is 1. The van der Waals surface area contributed by atoms with Crippen LogP contribution in [0.2, 0.25) is 0 Å². The Morgan fingerprint density at radius 2 is 1.85 bits per heavy atom. The summed E-state index contributed by atoms with van der Waals surface area (Å²) in [6.07, 6.45) is 2.82. The standard InChI is InChI=1S/C13H14N2O4S/c14-20(18,19)10-6-4-9(5-7-10)15-8-11-12(16)2-1-3-13(11)17/h4-8,16H,1-3H2,(H2,14,18,19). The third-order valence-electron chi connectivity index (χ3n) is 2.94. The lowest BCUT2D eigenvalue weighted by Gasteiger charge is -2.11. The predicted molar refractivity (Wildman–Crippen MR) is 74.5 cm³/mol. The Balaban J connectivity index is 2.22. The van der Waals surface area contributed by atoms with E-state index in [2.05, 4.69) is 4.99 Å². The number of aliphatic hydroxyl groups is 1. The van der Waals surface area contributed by atoms with Crippen molar-refractivity contribution in [2.75, 3.05) is 0 Å². The maximum absolute atomic E-state index is 11.6. The van der Waals surface area contributed by atoms with Crippen LogP contribution >= 0.6 is 0 Å². The van der Waals surface area contributed by atoms with Crippen LogP contribution < -0.4 is 5.14 Å². The zero-order chi connectivity index (χ0) is 14.8. The van der Waals surface area contributed by atoms with Crippen molar-refractivity contribution in [3.8, 4) is 0 Å². The van der Waals surface area contributed by atoms with Crippen LogP contribution in [-0.2, 0) is 14.8 Å². The van der Waals surface area contributed by atoms with E-state index in [-0.39, 0.29) is 22.0 Å². The smallest absolute Gasteiger partial charge is 0.238 e. The molecule has 0 heterocycles. The van der Waals surface area contributed by atoms with Gasteiger partial charge in [0.15, 0.2) is 5.78 Å². The molecule has 0 unspecified atom stereocenters. The number of primary sulfonamides is 1. The predicted octanol–water partition coefficient (Wildman–Crippen LogP) is 1.60. The summed E-state index contributed by atoms with van der Waals surface area (Å²) in [5, 5.41) is 14.6. The van der Waals surface area contributed by atoms with Crippen molar-refractivity contribution in [2.45, 2.75) is 24.2 Å². The molecule has 0 atom stereocenters. The van der Waals surface area contributed by atoms with Gasteiger partial charge < -0.3 is 5.11 Å². The molecule has 0 fully saturated rings. The van der Waals surface area contributed by atoms with Crippen molar-refractivity contribution in [1.82, 2.24) is 0 Å². The Kier molecular flexibility index (Phi) is 4.01. The van der Waals surface area contributed by atoms with Crippen LogP contribution in [0.4, 0.5) is 5.69 Å². The van der Waals surface area contributed by atoms with Crippen LogP contribution in [0.1, 0.15) is 19.3 Å². The number of carbonyl (C=O) groups excluding carboxylic acids is 1. The molecule has 7 heteroatoms. The van der Waals surface area contributed by atoms with Crippen molar-refractivity contribution >= 4 is 27.7 Å². The number of hydrogen-bond donors (Lipinski definition) is 2. The van der Waals surface area contributed by atoms with Gasteiger partial charge in [0.2, 0.25) is 10.0 Å². The number of benzene rings is 1. The molecular weight excluding hydrogens is 280 g/mol. The third-order valence-corrected chi connectivity index (χ3v) is 3.87. The fraction of sp³-hybridized carbons (Fsp3) is 0.231. The Labute approximate surface area is 116 Å². The van der Waals surface area contributed by atoms with E-state index in [1.54, 1.807) is 0 Å². The zero-order valence-electron chi connectivity index (χ0n) is 10.6. The number of Topliss-reactive ketones (excluding diaryl/α,β-unsaturated/α-hetero) is 1. The van der Waals surface area contributed by atoms with E-state index in [4.69, 9.17) is 5.14 Å². The third kappa shape index (κ3) is 3.31. The molecule has 1 aliphatic rings. The number of rotatable bonds is 3. The molecule has 1 aromatic carbocycles. The molecule has 0 aliphatic heterocycles. The van der Waals surface area contributed by atoms with Gasteiger partial charge >= 0.3 is 0 Å². The molecule has 1 aliphatic carbocycles. The monoisotopic (exact) mass is 294 g/mol. The van der Waals surface area contributed by atoms with Crippen molar-refractivity contribution in [3.05, 3.63) is 35.6 Å². The van der Waals surface area contributed by atoms with Crippen LogP contribution in [0.15, 0.2) is 45.5 Å². The second kappa shape index (κ2) is 5.56. The summed E-state index contributed by atoms with van der Waals surface area (Å²) >= 11 is 0. The van der Waals surface area contributed by atoms with Gasteiger partial charge in [-0.25, -0.2) is 13.6 Å². The molecule has 20 heavy (non-hydrogen) atoms. The lowest BCUT2D eigenvalue weighted by Crippen LogP contribution is -2.12. The SMILES string of the molecule is NS(=O)(=O)c1ccc(N=CC2=C(O)CCCC2=O)cc1. The Morgan fingerprint density at radius 3 is 2.40 bits per heavy atom. The Hall–Kier alpha value is -1.99. The van der Waals surface area contributed by atoms with Crippen LogP contribution in [0, 0.1) is 0 Å². The van der Waals surface area contributed by atoms with Gasteiger partial charge in [0.05, 0.1) is 16.2 Å². The lowest BCUT2D eigenvalue weighted by atomic mass is 9.97.